The van der Waals surface area contributed by atoms with Gasteiger partial charge in [0.15, 0.2) is 5.65 Å². The summed E-state index contributed by atoms with van der Waals surface area (Å²) in [5.74, 6) is 1.00. The molecule has 166 valence electrons. The Kier molecular flexibility index (Phi) is 4.72. The van der Waals surface area contributed by atoms with Crippen molar-refractivity contribution in [2.45, 2.75) is 32.6 Å². The van der Waals surface area contributed by atoms with Gasteiger partial charge in [0.1, 0.15) is 5.82 Å². The molecule has 0 bridgehead atoms. The highest BCUT2D eigenvalue weighted by Crippen LogP contribution is 2.33. The van der Waals surface area contributed by atoms with E-state index in [9.17, 15) is 4.79 Å². The summed E-state index contributed by atoms with van der Waals surface area (Å²) in [6.45, 7) is 5.20. The highest BCUT2D eigenvalue weighted by Gasteiger charge is 2.30. The Balaban J connectivity index is 1.37. The Morgan fingerprint density at radius 3 is 2.94 bits per heavy atom. The standard InChI is InChI=1S/C24H22N6O2S/c1-14-8-9-19(33-14)18-12-17(21-15(2)28-32-23(21)25-18)24(31)29-10-5-6-16(13-29)22-27-26-20-7-3-4-11-30(20)22/h3-4,7-9,11-12,16H,5-6,10,13H2,1-2H3/t16-/m1/s1. The van der Waals surface area contributed by atoms with E-state index in [0.29, 0.717) is 35.4 Å². The van der Waals surface area contributed by atoms with E-state index in [2.05, 4.69) is 33.3 Å². The molecular formula is C24H22N6O2S. The van der Waals surface area contributed by atoms with Crippen LogP contribution in [0.2, 0.25) is 0 Å². The molecule has 9 heteroatoms. The smallest absolute Gasteiger partial charge is 0.259 e. The van der Waals surface area contributed by atoms with Crippen LogP contribution in [0.5, 0.6) is 0 Å². The Hall–Kier alpha value is -3.59. The number of rotatable bonds is 3. The summed E-state index contributed by atoms with van der Waals surface area (Å²) in [5.41, 5.74) is 3.22. The quantitative estimate of drug-likeness (QED) is 0.392. The minimum absolute atomic E-state index is 0.0262. The molecule has 1 aliphatic rings. The molecule has 1 aliphatic heterocycles. The first-order valence-electron chi connectivity index (χ1n) is 11.0. The van der Waals surface area contributed by atoms with Crippen LogP contribution in [0.1, 0.15) is 45.5 Å². The van der Waals surface area contributed by atoms with Crippen LogP contribution in [0.3, 0.4) is 0 Å². The van der Waals surface area contributed by atoms with Gasteiger partial charge >= 0.3 is 0 Å². The molecule has 0 saturated carbocycles. The third-order valence-electron chi connectivity index (χ3n) is 6.25. The van der Waals surface area contributed by atoms with Crippen LogP contribution in [0.15, 0.2) is 47.1 Å². The summed E-state index contributed by atoms with van der Waals surface area (Å²) < 4.78 is 7.49. The topological polar surface area (TPSA) is 89.4 Å². The minimum Gasteiger partial charge on any atom is -0.338 e. The molecule has 1 amide bonds. The number of aromatic nitrogens is 5. The van der Waals surface area contributed by atoms with Crippen LogP contribution in [-0.4, -0.2) is 48.6 Å². The lowest BCUT2D eigenvalue weighted by Crippen LogP contribution is -2.39. The fourth-order valence-corrected chi connectivity index (χ4v) is 5.47. The zero-order chi connectivity index (χ0) is 22.5. The maximum Gasteiger partial charge on any atom is 0.259 e. The van der Waals surface area contributed by atoms with Crippen LogP contribution in [0, 0.1) is 13.8 Å². The number of amides is 1. The van der Waals surface area contributed by atoms with Crippen molar-refractivity contribution >= 4 is 34.0 Å². The molecule has 33 heavy (non-hydrogen) atoms. The van der Waals surface area contributed by atoms with Gasteiger partial charge in [0, 0.05) is 30.1 Å². The zero-order valence-corrected chi connectivity index (χ0v) is 19.2. The summed E-state index contributed by atoms with van der Waals surface area (Å²) in [6, 6.07) is 11.8. The van der Waals surface area contributed by atoms with E-state index < -0.39 is 0 Å². The average Bonchev–Trinajstić information content (AvgIpc) is 3.57. The normalized spacial score (nSPS) is 16.7. The molecule has 1 saturated heterocycles. The number of pyridine rings is 2. The maximum atomic E-state index is 13.8. The number of nitrogens with zero attached hydrogens (tertiary/aromatic N) is 6. The average molecular weight is 459 g/mol. The molecule has 0 radical (unpaired) electrons. The lowest BCUT2D eigenvalue weighted by molar-refractivity contribution is 0.0706. The summed E-state index contributed by atoms with van der Waals surface area (Å²) in [7, 11) is 0. The molecular weight excluding hydrogens is 436 g/mol. The first kappa shape index (κ1) is 20.0. The number of hydrogen-bond donors (Lipinski definition) is 0. The summed E-state index contributed by atoms with van der Waals surface area (Å²) in [5, 5.41) is 13.5. The number of aryl methyl sites for hydroxylation is 2. The highest BCUT2D eigenvalue weighted by atomic mass is 32.1. The Labute approximate surface area is 193 Å². The van der Waals surface area contributed by atoms with E-state index in [1.54, 1.807) is 11.3 Å². The second kappa shape index (κ2) is 7.77. The molecule has 5 aromatic rings. The van der Waals surface area contributed by atoms with Crippen molar-refractivity contribution in [1.29, 1.82) is 0 Å². The van der Waals surface area contributed by atoms with Crippen LogP contribution < -0.4 is 0 Å². The lowest BCUT2D eigenvalue weighted by Gasteiger charge is -2.32. The molecule has 6 rings (SSSR count). The van der Waals surface area contributed by atoms with Crippen molar-refractivity contribution < 1.29 is 9.32 Å². The highest BCUT2D eigenvalue weighted by molar-refractivity contribution is 7.15. The number of thiophene rings is 1. The van der Waals surface area contributed by atoms with E-state index >= 15 is 0 Å². The van der Waals surface area contributed by atoms with Crippen molar-refractivity contribution in [1.82, 2.24) is 29.6 Å². The predicted octanol–water partition coefficient (Wildman–Crippen LogP) is 4.63. The molecule has 0 N–H and O–H groups in total. The number of fused-ring (bicyclic) bond motifs is 2. The van der Waals surface area contributed by atoms with E-state index in [1.165, 1.54) is 4.88 Å². The Bertz CT molecular complexity index is 1500. The van der Waals surface area contributed by atoms with E-state index in [-0.39, 0.29) is 11.8 Å². The third kappa shape index (κ3) is 3.39. The largest absolute Gasteiger partial charge is 0.338 e. The second-order valence-corrected chi connectivity index (χ2v) is 9.78. The molecule has 5 aromatic heterocycles. The van der Waals surface area contributed by atoms with Crippen molar-refractivity contribution in [3.05, 3.63) is 64.6 Å². The van der Waals surface area contributed by atoms with Crippen molar-refractivity contribution in [3.8, 4) is 10.6 Å². The fraction of sp³-hybridized carbons (Fsp3) is 0.292. The van der Waals surface area contributed by atoms with Crippen molar-refractivity contribution in [2.75, 3.05) is 13.1 Å². The van der Waals surface area contributed by atoms with Crippen LogP contribution in [0.25, 0.3) is 27.3 Å². The number of likely N-dealkylation sites (tertiary alicyclic amines) is 1. The maximum absolute atomic E-state index is 13.8. The predicted molar refractivity (Wildman–Crippen MR) is 125 cm³/mol. The SMILES string of the molecule is Cc1ccc(-c2cc(C(=O)N3CCC[C@@H](c4nnc5ccccn45)C3)c3c(C)noc3n2)s1. The molecule has 8 nitrogen and oxygen atoms in total. The van der Waals surface area contributed by atoms with Crippen molar-refractivity contribution in [3.63, 3.8) is 0 Å². The Morgan fingerprint density at radius 2 is 2.09 bits per heavy atom. The zero-order valence-electron chi connectivity index (χ0n) is 18.4. The van der Waals surface area contributed by atoms with Crippen molar-refractivity contribution in [2.24, 2.45) is 0 Å². The van der Waals surface area contributed by atoms with Gasteiger partial charge in [0.2, 0.25) is 0 Å². The Morgan fingerprint density at radius 1 is 1.18 bits per heavy atom. The number of carbonyl (C=O) groups excluding carboxylic acids is 1. The number of piperidine rings is 1. The molecule has 0 spiro atoms. The van der Waals surface area contributed by atoms with E-state index in [0.717, 1.165) is 34.9 Å². The van der Waals surface area contributed by atoms with Gasteiger partial charge in [-0.05, 0) is 57.0 Å². The van der Waals surface area contributed by atoms with Crippen LogP contribution >= 0.6 is 11.3 Å². The molecule has 0 aliphatic carbocycles. The van der Waals surface area contributed by atoms with Crippen LogP contribution in [-0.2, 0) is 0 Å². The number of carbonyl (C=O) groups is 1. The van der Waals surface area contributed by atoms with Crippen LogP contribution in [0.4, 0.5) is 0 Å². The lowest BCUT2D eigenvalue weighted by atomic mass is 9.96. The third-order valence-corrected chi connectivity index (χ3v) is 7.28. The first-order chi connectivity index (χ1) is 16.1. The summed E-state index contributed by atoms with van der Waals surface area (Å²) in [4.78, 5) is 22.6. The molecule has 1 fully saturated rings. The van der Waals surface area contributed by atoms with Gasteiger partial charge in [-0.3, -0.25) is 9.20 Å². The van der Waals surface area contributed by atoms with Gasteiger partial charge in [-0.15, -0.1) is 21.5 Å². The summed E-state index contributed by atoms with van der Waals surface area (Å²) in [6.07, 6.45) is 3.86. The van der Waals surface area contributed by atoms with Gasteiger partial charge in [0.05, 0.1) is 27.2 Å². The molecule has 0 unspecified atom stereocenters. The monoisotopic (exact) mass is 458 g/mol. The molecule has 0 aromatic carbocycles. The van der Waals surface area contributed by atoms with Gasteiger partial charge in [-0.25, -0.2) is 4.98 Å². The molecule has 1 atom stereocenters. The first-order valence-corrected chi connectivity index (χ1v) is 11.8. The summed E-state index contributed by atoms with van der Waals surface area (Å²) >= 11 is 1.64. The van der Waals surface area contributed by atoms with E-state index in [1.807, 2.05) is 52.8 Å². The van der Waals surface area contributed by atoms with E-state index in [4.69, 9.17) is 4.52 Å². The van der Waals surface area contributed by atoms with Gasteiger partial charge in [-0.2, -0.15) is 0 Å². The van der Waals surface area contributed by atoms with Gasteiger partial charge < -0.3 is 9.42 Å². The molecule has 6 heterocycles. The number of hydrogen-bond acceptors (Lipinski definition) is 7. The van der Waals surface area contributed by atoms with Gasteiger partial charge in [-0.1, -0.05) is 11.2 Å². The fourth-order valence-electron chi connectivity index (χ4n) is 4.64. The minimum atomic E-state index is -0.0262. The van der Waals surface area contributed by atoms with Gasteiger partial charge in [0.25, 0.3) is 11.6 Å². The second-order valence-electron chi connectivity index (χ2n) is 8.49.